The number of ether oxygens (including phenoxy) is 1. The van der Waals surface area contributed by atoms with E-state index < -0.39 is 0 Å². The van der Waals surface area contributed by atoms with Crippen LogP contribution in [-0.2, 0) is 0 Å². The van der Waals surface area contributed by atoms with Crippen LogP contribution in [0.3, 0.4) is 0 Å². The summed E-state index contributed by atoms with van der Waals surface area (Å²) in [6.45, 7) is 4.55. The van der Waals surface area contributed by atoms with E-state index in [4.69, 9.17) is 10.5 Å². The highest BCUT2D eigenvalue weighted by atomic mass is 32.1. The van der Waals surface area contributed by atoms with Gasteiger partial charge < -0.3 is 15.8 Å². The number of hydrogen-bond acceptors (Lipinski definition) is 6. The first kappa shape index (κ1) is 13.6. The molecule has 0 bridgehead atoms. The third-order valence-electron chi connectivity index (χ3n) is 2.73. The Bertz CT molecular complexity index is 515. The lowest BCUT2D eigenvalue weighted by molar-refractivity contribution is 0.328. The van der Waals surface area contributed by atoms with E-state index in [0.717, 1.165) is 6.42 Å². The summed E-state index contributed by atoms with van der Waals surface area (Å²) in [7, 11) is 0. The van der Waals surface area contributed by atoms with Gasteiger partial charge in [-0.25, -0.2) is 4.98 Å². The fourth-order valence-electron chi connectivity index (χ4n) is 1.78. The Hall–Kier alpha value is -1.82. The Kier molecular flexibility index (Phi) is 4.57. The summed E-state index contributed by atoms with van der Waals surface area (Å²) in [5, 5.41) is 5.42. The Morgan fingerprint density at radius 2 is 2.26 bits per heavy atom. The molecule has 0 saturated carbocycles. The van der Waals surface area contributed by atoms with Crippen molar-refractivity contribution in [3.63, 3.8) is 0 Å². The van der Waals surface area contributed by atoms with Gasteiger partial charge in [0.1, 0.15) is 12.0 Å². The van der Waals surface area contributed by atoms with Crippen molar-refractivity contribution in [1.82, 2.24) is 9.97 Å². The maximum absolute atomic E-state index is 6.02. The largest absolute Gasteiger partial charge is 0.476 e. The first-order chi connectivity index (χ1) is 9.26. The monoisotopic (exact) mass is 278 g/mol. The molecule has 6 heteroatoms. The minimum Gasteiger partial charge on any atom is -0.476 e. The van der Waals surface area contributed by atoms with Crippen molar-refractivity contribution in [3.05, 3.63) is 28.7 Å². The smallest absolute Gasteiger partial charge is 0.242 e. The van der Waals surface area contributed by atoms with E-state index >= 15 is 0 Å². The van der Waals surface area contributed by atoms with Crippen LogP contribution >= 0.6 is 11.3 Å². The number of nitrogens with two attached hydrogens (primary N) is 1. The lowest BCUT2D eigenvalue weighted by Gasteiger charge is -2.18. The molecule has 2 heterocycles. The second-order valence-electron chi connectivity index (χ2n) is 3.99. The predicted molar refractivity (Wildman–Crippen MR) is 78.6 cm³/mol. The third kappa shape index (κ3) is 3.14. The van der Waals surface area contributed by atoms with Gasteiger partial charge in [-0.15, -0.1) is 11.3 Å². The maximum atomic E-state index is 6.02. The molecule has 0 amide bonds. The summed E-state index contributed by atoms with van der Waals surface area (Å²) >= 11 is 1.72. The molecule has 0 aliphatic carbocycles. The number of rotatable bonds is 6. The van der Waals surface area contributed by atoms with Crippen LogP contribution in [0.1, 0.15) is 31.2 Å². The standard InChI is InChI=1S/C13H18N4OS/c1-3-9(10-6-5-7-19-10)17-12-11(14)13(18-4-2)16-8-15-12/h5-9H,3-4,14H2,1-2H3,(H,15,16,17). The normalized spacial score (nSPS) is 12.1. The molecule has 0 spiro atoms. The van der Waals surface area contributed by atoms with Gasteiger partial charge in [0.05, 0.1) is 12.6 Å². The van der Waals surface area contributed by atoms with E-state index in [2.05, 4.69) is 33.7 Å². The van der Waals surface area contributed by atoms with E-state index in [1.807, 2.05) is 13.0 Å². The average molecular weight is 278 g/mol. The first-order valence-corrected chi connectivity index (χ1v) is 7.17. The topological polar surface area (TPSA) is 73.1 Å². The number of nitrogens with zero attached hydrogens (tertiary/aromatic N) is 2. The SMILES string of the molecule is CCOc1ncnc(NC(CC)c2cccs2)c1N. The van der Waals surface area contributed by atoms with Gasteiger partial charge in [0.2, 0.25) is 5.88 Å². The van der Waals surface area contributed by atoms with E-state index in [0.29, 0.717) is 24.0 Å². The van der Waals surface area contributed by atoms with Gasteiger partial charge in [-0.2, -0.15) is 4.98 Å². The van der Waals surface area contributed by atoms with Gasteiger partial charge in [0, 0.05) is 4.88 Å². The first-order valence-electron chi connectivity index (χ1n) is 6.29. The van der Waals surface area contributed by atoms with Crippen molar-refractivity contribution in [1.29, 1.82) is 0 Å². The third-order valence-corrected chi connectivity index (χ3v) is 3.72. The molecule has 2 rings (SSSR count). The molecule has 2 aromatic heterocycles. The van der Waals surface area contributed by atoms with Crippen molar-refractivity contribution in [2.45, 2.75) is 26.3 Å². The average Bonchev–Trinajstić information content (AvgIpc) is 2.94. The maximum Gasteiger partial charge on any atom is 0.242 e. The van der Waals surface area contributed by atoms with Crippen molar-refractivity contribution < 1.29 is 4.74 Å². The summed E-state index contributed by atoms with van der Waals surface area (Å²) in [5.41, 5.74) is 6.47. The summed E-state index contributed by atoms with van der Waals surface area (Å²) in [5.74, 6) is 1.06. The number of aromatic nitrogens is 2. The van der Waals surface area contributed by atoms with E-state index in [1.165, 1.54) is 11.2 Å². The molecule has 0 aromatic carbocycles. The van der Waals surface area contributed by atoms with E-state index in [9.17, 15) is 0 Å². The lowest BCUT2D eigenvalue weighted by atomic mass is 10.2. The zero-order chi connectivity index (χ0) is 13.7. The van der Waals surface area contributed by atoms with Crippen LogP contribution < -0.4 is 15.8 Å². The molecule has 0 radical (unpaired) electrons. The minimum atomic E-state index is 0.201. The Morgan fingerprint density at radius 1 is 1.42 bits per heavy atom. The van der Waals surface area contributed by atoms with Gasteiger partial charge in [-0.1, -0.05) is 13.0 Å². The second kappa shape index (κ2) is 6.38. The molecule has 1 atom stereocenters. The van der Waals surface area contributed by atoms with E-state index in [-0.39, 0.29) is 6.04 Å². The molecule has 0 saturated heterocycles. The van der Waals surface area contributed by atoms with Gasteiger partial charge in [0.25, 0.3) is 0 Å². The van der Waals surface area contributed by atoms with Gasteiger partial charge in [0.15, 0.2) is 5.82 Å². The number of thiophene rings is 1. The summed E-state index contributed by atoms with van der Waals surface area (Å²) in [6, 6.07) is 4.35. The van der Waals surface area contributed by atoms with Crippen LogP contribution in [0.4, 0.5) is 11.5 Å². The molecule has 2 aromatic rings. The summed E-state index contributed by atoms with van der Waals surface area (Å²) in [6.07, 6.45) is 2.42. The molecule has 0 fully saturated rings. The zero-order valence-electron chi connectivity index (χ0n) is 11.1. The molecule has 0 aliphatic rings. The van der Waals surface area contributed by atoms with Crippen LogP contribution in [0.15, 0.2) is 23.8 Å². The van der Waals surface area contributed by atoms with Gasteiger partial charge in [-0.3, -0.25) is 0 Å². The number of nitrogens with one attached hydrogen (secondary N) is 1. The Morgan fingerprint density at radius 3 is 2.89 bits per heavy atom. The fraction of sp³-hybridized carbons (Fsp3) is 0.385. The van der Waals surface area contributed by atoms with Crippen molar-refractivity contribution in [2.24, 2.45) is 0 Å². The quantitative estimate of drug-likeness (QED) is 0.849. The van der Waals surface area contributed by atoms with Crippen LogP contribution in [-0.4, -0.2) is 16.6 Å². The summed E-state index contributed by atoms with van der Waals surface area (Å²) in [4.78, 5) is 9.49. The molecule has 5 nitrogen and oxygen atoms in total. The molecule has 3 N–H and O–H groups in total. The molecule has 102 valence electrons. The highest BCUT2D eigenvalue weighted by Crippen LogP contribution is 2.30. The predicted octanol–water partition coefficient (Wildman–Crippen LogP) is 3.08. The molecule has 0 aliphatic heterocycles. The fourth-order valence-corrected chi connectivity index (χ4v) is 2.64. The highest BCUT2D eigenvalue weighted by Gasteiger charge is 2.15. The van der Waals surface area contributed by atoms with Crippen LogP contribution in [0.2, 0.25) is 0 Å². The molecular formula is C13H18N4OS. The van der Waals surface area contributed by atoms with Crippen LogP contribution in [0.25, 0.3) is 0 Å². The van der Waals surface area contributed by atoms with Crippen molar-refractivity contribution in [3.8, 4) is 5.88 Å². The molecule has 1 unspecified atom stereocenters. The van der Waals surface area contributed by atoms with Crippen molar-refractivity contribution >= 4 is 22.8 Å². The summed E-state index contributed by atoms with van der Waals surface area (Å²) < 4.78 is 5.37. The number of hydrogen-bond donors (Lipinski definition) is 2. The molecule has 19 heavy (non-hydrogen) atoms. The second-order valence-corrected chi connectivity index (χ2v) is 4.97. The van der Waals surface area contributed by atoms with Crippen LogP contribution in [0, 0.1) is 0 Å². The number of nitrogen functional groups attached to an aromatic ring is 1. The zero-order valence-corrected chi connectivity index (χ0v) is 11.9. The Labute approximate surface area is 116 Å². The minimum absolute atomic E-state index is 0.201. The molecular weight excluding hydrogens is 260 g/mol. The van der Waals surface area contributed by atoms with Gasteiger partial charge in [-0.05, 0) is 24.8 Å². The lowest BCUT2D eigenvalue weighted by Crippen LogP contribution is -2.12. The Balaban J connectivity index is 2.20. The van der Waals surface area contributed by atoms with Crippen molar-refractivity contribution in [2.75, 3.05) is 17.7 Å². The number of anilines is 2. The van der Waals surface area contributed by atoms with Gasteiger partial charge >= 0.3 is 0 Å². The van der Waals surface area contributed by atoms with E-state index in [1.54, 1.807) is 11.3 Å². The highest BCUT2D eigenvalue weighted by molar-refractivity contribution is 7.10. The van der Waals surface area contributed by atoms with Crippen LogP contribution in [0.5, 0.6) is 5.88 Å².